The number of carbonyl (C=O) groups excluding carboxylic acids is 4. The minimum Gasteiger partial charge on any atom is -0.451 e. The fourth-order valence-corrected chi connectivity index (χ4v) is 6.24. The van der Waals surface area contributed by atoms with E-state index in [0.717, 1.165) is 16.0 Å². The number of β-lactam (4-membered cyclic amide) rings is 1. The van der Waals surface area contributed by atoms with Crippen LogP contribution in [0.2, 0.25) is 0 Å². The monoisotopic (exact) mass is 506 g/mol. The number of amides is 2. The van der Waals surface area contributed by atoms with Gasteiger partial charge in [0.2, 0.25) is 11.8 Å². The summed E-state index contributed by atoms with van der Waals surface area (Å²) in [5, 5.41) is 4.16. The van der Waals surface area contributed by atoms with Crippen molar-refractivity contribution in [3.05, 3.63) is 94.2 Å². The third-order valence-electron chi connectivity index (χ3n) is 5.95. The van der Waals surface area contributed by atoms with Crippen LogP contribution < -0.4 is 5.32 Å². The zero-order valence-corrected chi connectivity index (χ0v) is 20.2. The molecule has 35 heavy (non-hydrogen) atoms. The number of thiophene rings is 1. The largest absolute Gasteiger partial charge is 0.451 e. The second-order valence-electron chi connectivity index (χ2n) is 8.26. The molecule has 0 spiro atoms. The standard InChI is InChI=1S/C26H22N2O5S2/c29-19-15-35-25-21(27-20(30)14-18-12-7-13-34-18)24(31)28(25)22(19)26(32)33-23(16-8-3-1-4-9-16)17-10-5-2-6-11-17/h1-13,21-23,25H,14-15H2,(H,27,30)/t21-,22?,25+/m1/s1. The maximum atomic E-state index is 13.3. The summed E-state index contributed by atoms with van der Waals surface area (Å²) in [5.74, 6) is -1.81. The Morgan fingerprint density at radius 1 is 0.971 bits per heavy atom. The zero-order valence-electron chi connectivity index (χ0n) is 18.5. The molecule has 0 bridgehead atoms. The summed E-state index contributed by atoms with van der Waals surface area (Å²) in [6, 6.07) is 20.1. The third-order valence-corrected chi connectivity index (χ3v) is 8.12. The molecule has 3 heterocycles. The zero-order chi connectivity index (χ0) is 24.4. The average Bonchev–Trinajstić information content (AvgIpc) is 3.39. The third kappa shape index (κ3) is 4.74. The molecule has 2 aliphatic rings. The predicted molar refractivity (Wildman–Crippen MR) is 133 cm³/mol. The molecule has 1 aromatic heterocycles. The minimum absolute atomic E-state index is 0.0624. The number of carbonyl (C=O) groups is 4. The van der Waals surface area contributed by atoms with E-state index in [4.69, 9.17) is 4.74 Å². The fraction of sp³-hybridized carbons (Fsp3) is 0.231. The molecule has 3 aromatic rings. The molecule has 2 fully saturated rings. The number of benzene rings is 2. The molecule has 0 radical (unpaired) electrons. The molecule has 5 rings (SSSR count). The van der Waals surface area contributed by atoms with E-state index in [0.29, 0.717) is 0 Å². The van der Waals surface area contributed by atoms with Gasteiger partial charge in [-0.3, -0.25) is 14.4 Å². The summed E-state index contributed by atoms with van der Waals surface area (Å²) in [5.41, 5.74) is 1.52. The molecule has 1 unspecified atom stereocenters. The Morgan fingerprint density at radius 3 is 2.23 bits per heavy atom. The van der Waals surface area contributed by atoms with Crippen molar-refractivity contribution in [1.29, 1.82) is 0 Å². The Hall–Kier alpha value is -3.43. The van der Waals surface area contributed by atoms with Crippen LogP contribution in [0.15, 0.2) is 78.2 Å². The Labute approximate surface area is 210 Å². The summed E-state index contributed by atoms with van der Waals surface area (Å²) < 4.78 is 5.87. The number of Topliss-reactive ketones (excluding diaryl/α,β-unsaturated/α-hetero) is 1. The minimum atomic E-state index is -1.32. The van der Waals surface area contributed by atoms with Crippen LogP contribution in [0, 0.1) is 0 Å². The van der Waals surface area contributed by atoms with E-state index in [9.17, 15) is 19.2 Å². The van der Waals surface area contributed by atoms with Crippen molar-refractivity contribution >= 4 is 46.7 Å². The first-order chi connectivity index (χ1) is 17.0. The van der Waals surface area contributed by atoms with Crippen molar-refractivity contribution in [3.63, 3.8) is 0 Å². The van der Waals surface area contributed by atoms with Crippen LogP contribution in [-0.4, -0.2) is 51.7 Å². The Morgan fingerprint density at radius 2 is 1.63 bits per heavy atom. The maximum Gasteiger partial charge on any atom is 0.337 e. The number of esters is 1. The topological polar surface area (TPSA) is 92.8 Å². The molecule has 2 amide bonds. The van der Waals surface area contributed by atoms with Crippen molar-refractivity contribution < 1.29 is 23.9 Å². The average molecular weight is 507 g/mol. The van der Waals surface area contributed by atoms with Gasteiger partial charge in [0, 0.05) is 4.88 Å². The SMILES string of the molecule is O=C(Cc1cccs1)N[C@@H]1C(=O)N2C(C(=O)OC(c3ccccc3)c3ccccc3)C(=O)CS[C@@H]12. The van der Waals surface area contributed by atoms with Crippen LogP contribution >= 0.6 is 23.1 Å². The molecule has 0 saturated carbocycles. The molecule has 9 heteroatoms. The van der Waals surface area contributed by atoms with Crippen LogP contribution in [0.1, 0.15) is 22.1 Å². The van der Waals surface area contributed by atoms with Gasteiger partial charge in [-0.25, -0.2) is 4.79 Å². The van der Waals surface area contributed by atoms with E-state index >= 15 is 0 Å². The summed E-state index contributed by atoms with van der Waals surface area (Å²) in [6.07, 6.45) is -0.539. The lowest BCUT2D eigenvalue weighted by atomic mass is 9.99. The van der Waals surface area contributed by atoms with E-state index in [1.54, 1.807) is 0 Å². The van der Waals surface area contributed by atoms with Crippen molar-refractivity contribution in [2.45, 2.75) is 30.0 Å². The van der Waals surface area contributed by atoms with E-state index in [-0.39, 0.29) is 23.9 Å². The molecule has 3 atom stereocenters. The van der Waals surface area contributed by atoms with Gasteiger partial charge in [0.15, 0.2) is 17.9 Å². The molecule has 0 aliphatic carbocycles. The quantitative estimate of drug-likeness (QED) is 0.301. The molecule has 2 aromatic carbocycles. The highest BCUT2D eigenvalue weighted by Crippen LogP contribution is 2.38. The van der Waals surface area contributed by atoms with E-state index < -0.39 is 35.4 Å². The first-order valence-electron chi connectivity index (χ1n) is 11.1. The summed E-state index contributed by atoms with van der Waals surface area (Å²) in [6.45, 7) is 0. The molecule has 2 saturated heterocycles. The van der Waals surface area contributed by atoms with Crippen LogP contribution in [-0.2, 0) is 30.3 Å². The highest BCUT2D eigenvalue weighted by molar-refractivity contribution is 8.00. The maximum absolute atomic E-state index is 13.3. The van der Waals surface area contributed by atoms with Gasteiger partial charge < -0.3 is 15.0 Å². The van der Waals surface area contributed by atoms with Crippen molar-refractivity contribution in [1.82, 2.24) is 10.2 Å². The van der Waals surface area contributed by atoms with E-state index in [1.165, 1.54) is 28.0 Å². The highest BCUT2D eigenvalue weighted by Gasteiger charge is 2.58. The molecule has 7 nitrogen and oxygen atoms in total. The second kappa shape index (κ2) is 10.1. The first kappa shape index (κ1) is 23.3. The molecule has 178 valence electrons. The highest BCUT2D eigenvalue weighted by atomic mass is 32.2. The number of nitrogens with zero attached hydrogens (tertiary/aromatic N) is 1. The Bertz CT molecular complexity index is 1190. The number of nitrogens with one attached hydrogen (secondary N) is 1. The van der Waals surface area contributed by atoms with Gasteiger partial charge in [0.25, 0.3) is 0 Å². The number of ether oxygens (including phenoxy) is 1. The summed E-state index contributed by atoms with van der Waals surface area (Å²) in [7, 11) is 0. The van der Waals surface area contributed by atoms with Gasteiger partial charge in [-0.1, -0.05) is 66.7 Å². The van der Waals surface area contributed by atoms with Gasteiger partial charge >= 0.3 is 5.97 Å². The van der Waals surface area contributed by atoms with Gasteiger partial charge in [-0.05, 0) is 22.6 Å². The summed E-state index contributed by atoms with van der Waals surface area (Å²) in [4.78, 5) is 53.6. The number of thioether (sulfide) groups is 1. The lowest BCUT2D eigenvalue weighted by molar-refractivity contribution is -0.170. The number of hydrogen-bond donors (Lipinski definition) is 1. The summed E-state index contributed by atoms with van der Waals surface area (Å²) >= 11 is 2.72. The predicted octanol–water partition coefficient (Wildman–Crippen LogP) is 2.96. The normalized spacial score (nSPS) is 21.3. The Kier molecular flexibility index (Phi) is 6.70. The van der Waals surface area contributed by atoms with Gasteiger partial charge in [0.1, 0.15) is 11.4 Å². The van der Waals surface area contributed by atoms with Crippen LogP contribution in [0.5, 0.6) is 0 Å². The van der Waals surface area contributed by atoms with Gasteiger partial charge in [-0.2, -0.15) is 0 Å². The first-order valence-corrected chi connectivity index (χ1v) is 13.0. The number of rotatable bonds is 7. The van der Waals surface area contributed by atoms with Crippen molar-refractivity contribution in [2.75, 3.05) is 5.75 Å². The van der Waals surface area contributed by atoms with Crippen LogP contribution in [0.4, 0.5) is 0 Å². The van der Waals surface area contributed by atoms with Crippen molar-refractivity contribution in [2.24, 2.45) is 0 Å². The smallest absolute Gasteiger partial charge is 0.337 e. The molecular formula is C26H22N2O5S2. The van der Waals surface area contributed by atoms with Crippen molar-refractivity contribution in [3.8, 4) is 0 Å². The lowest BCUT2D eigenvalue weighted by Crippen LogP contribution is -2.76. The van der Waals surface area contributed by atoms with Gasteiger partial charge in [0.05, 0.1) is 12.2 Å². The molecule has 2 aliphatic heterocycles. The van der Waals surface area contributed by atoms with E-state index in [1.807, 2.05) is 78.2 Å². The van der Waals surface area contributed by atoms with E-state index in [2.05, 4.69) is 5.32 Å². The fourth-order valence-electron chi connectivity index (χ4n) is 4.28. The van der Waals surface area contributed by atoms with Crippen LogP contribution in [0.25, 0.3) is 0 Å². The number of fused-ring (bicyclic) bond motifs is 1. The van der Waals surface area contributed by atoms with Crippen LogP contribution in [0.3, 0.4) is 0 Å². The molecular weight excluding hydrogens is 484 g/mol. The molecule has 1 N–H and O–H groups in total. The Balaban J connectivity index is 1.31. The lowest BCUT2D eigenvalue weighted by Gasteiger charge is -2.51. The van der Waals surface area contributed by atoms with Gasteiger partial charge in [-0.15, -0.1) is 23.1 Å². The second-order valence-corrected chi connectivity index (χ2v) is 10.4. The number of ketones is 1. The number of hydrogen-bond acceptors (Lipinski definition) is 7.